The Morgan fingerprint density at radius 1 is 1.00 bits per heavy atom. The first kappa shape index (κ1) is 27.1. The molecule has 0 radical (unpaired) electrons. The largest absolute Gasteiger partial charge is 0.350 e. The minimum absolute atomic E-state index is 0.0461. The molecule has 0 fully saturated rings. The van der Waals surface area contributed by atoms with E-state index < -0.39 is 0 Å². The third-order valence-electron chi connectivity index (χ3n) is 5.98. The number of carbonyl (C=O) groups is 2. The molecule has 192 valence electrons. The van der Waals surface area contributed by atoms with Gasteiger partial charge in [-0.15, -0.1) is 11.8 Å². The van der Waals surface area contributed by atoms with Gasteiger partial charge in [-0.3, -0.25) is 9.59 Å². The quantitative estimate of drug-likeness (QED) is 0.189. The molecule has 0 spiro atoms. The van der Waals surface area contributed by atoms with Crippen LogP contribution >= 0.6 is 35.0 Å². The summed E-state index contributed by atoms with van der Waals surface area (Å²) in [4.78, 5) is 26.2. The molecule has 0 aliphatic rings. The molecule has 1 heterocycles. The van der Waals surface area contributed by atoms with Crippen molar-refractivity contribution in [1.29, 1.82) is 0 Å². The number of hydrogen-bond acceptors (Lipinski definition) is 3. The summed E-state index contributed by atoms with van der Waals surface area (Å²) in [6.45, 7) is 3.19. The smallest absolute Gasteiger partial charge is 0.252 e. The molecule has 0 unspecified atom stereocenters. The van der Waals surface area contributed by atoms with Crippen molar-refractivity contribution >= 4 is 63.4 Å². The second kappa shape index (κ2) is 13.0. The molecule has 2 amide bonds. The highest BCUT2D eigenvalue weighted by atomic mass is 35.5. The van der Waals surface area contributed by atoms with Gasteiger partial charge < -0.3 is 15.2 Å². The molecule has 0 saturated heterocycles. The van der Waals surface area contributed by atoms with Gasteiger partial charge >= 0.3 is 0 Å². The van der Waals surface area contributed by atoms with Gasteiger partial charge in [0.2, 0.25) is 5.91 Å². The summed E-state index contributed by atoms with van der Waals surface area (Å²) in [7, 11) is 0. The zero-order valence-electron chi connectivity index (χ0n) is 20.6. The van der Waals surface area contributed by atoms with E-state index in [0.717, 1.165) is 27.9 Å². The first-order valence-corrected chi connectivity index (χ1v) is 14.0. The van der Waals surface area contributed by atoms with Crippen molar-refractivity contribution in [3.8, 4) is 0 Å². The molecule has 2 N–H and O–H groups in total. The van der Waals surface area contributed by atoms with Gasteiger partial charge in [0.1, 0.15) is 0 Å². The number of hydrogen-bond donors (Lipinski definition) is 2. The predicted molar refractivity (Wildman–Crippen MR) is 155 cm³/mol. The summed E-state index contributed by atoms with van der Waals surface area (Å²) in [6, 6.07) is 20.9. The Labute approximate surface area is 231 Å². The lowest BCUT2D eigenvalue weighted by molar-refractivity contribution is -0.113. The number of nitrogens with zero attached hydrogens (tertiary/aromatic N) is 1. The molecule has 0 atom stereocenters. The number of para-hydroxylation sites is 1. The van der Waals surface area contributed by atoms with Crippen molar-refractivity contribution in [2.75, 3.05) is 17.6 Å². The Hall–Kier alpha value is -2.93. The average molecular weight is 555 g/mol. The molecule has 0 bridgehead atoms. The van der Waals surface area contributed by atoms with Crippen LogP contribution in [-0.4, -0.2) is 28.7 Å². The minimum Gasteiger partial charge on any atom is -0.350 e. The maximum Gasteiger partial charge on any atom is 0.252 e. The molecule has 4 rings (SSSR count). The van der Waals surface area contributed by atoms with Crippen LogP contribution < -0.4 is 10.6 Å². The third kappa shape index (κ3) is 7.31. The van der Waals surface area contributed by atoms with Gasteiger partial charge in [-0.25, -0.2) is 0 Å². The second-order valence-corrected chi connectivity index (χ2v) is 10.6. The number of carbonyl (C=O) groups excluding carboxylic acids is 2. The summed E-state index contributed by atoms with van der Waals surface area (Å²) in [6.07, 6.45) is 5.42. The highest BCUT2D eigenvalue weighted by molar-refractivity contribution is 8.00. The van der Waals surface area contributed by atoms with E-state index in [9.17, 15) is 9.59 Å². The van der Waals surface area contributed by atoms with Crippen molar-refractivity contribution in [2.45, 2.75) is 37.6 Å². The Morgan fingerprint density at radius 2 is 1.78 bits per heavy atom. The number of halogens is 2. The summed E-state index contributed by atoms with van der Waals surface area (Å²) in [5.41, 5.74) is 3.53. The second-order valence-electron chi connectivity index (χ2n) is 8.72. The SMILES string of the molecule is CCCCc1ccc(NC(=O)CSc2cn(CCNC(=O)c3ccc(Cl)cc3Cl)c3ccccc23)cc1. The lowest BCUT2D eigenvalue weighted by Crippen LogP contribution is -2.27. The fourth-order valence-corrected chi connectivity index (χ4v) is 5.43. The fourth-order valence-electron chi connectivity index (χ4n) is 4.05. The van der Waals surface area contributed by atoms with E-state index in [1.165, 1.54) is 30.2 Å². The zero-order valence-corrected chi connectivity index (χ0v) is 22.9. The van der Waals surface area contributed by atoms with Crippen molar-refractivity contribution in [2.24, 2.45) is 0 Å². The number of rotatable bonds is 11. The van der Waals surface area contributed by atoms with Crippen molar-refractivity contribution in [3.05, 3.63) is 94.1 Å². The molecule has 0 aliphatic carbocycles. The summed E-state index contributed by atoms with van der Waals surface area (Å²) >= 11 is 13.6. The van der Waals surface area contributed by atoms with E-state index in [-0.39, 0.29) is 11.8 Å². The fraction of sp³-hybridized carbons (Fsp3) is 0.241. The molecule has 5 nitrogen and oxygen atoms in total. The van der Waals surface area contributed by atoms with Gasteiger partial charge in [-0.1, -0.05) is 66.9 Å². The molecule has 4 aromatic rings. The Kier molecular flexibility index (Phi) is 9.56. The molecule has 1 aromatic heterocycles. The topological polar surface area (TPSA) is 63.1 Å². The first-order valence-electron chi connectivity index (χ1n) is 12.3. The standard InChI is InChI=1S/C29H29Cl2N3O2S/c1-2-3-6-20-9-12-22(13-10-20)33-28(35)19-37-27-18-34(26-8-5-4-7-24(26)27)16-15-32-29(36)23-14-11-21(30)17-25(23)31/h4-5,7-14,17-18H,2-3,6,15-16,19H2,1H3,(H,32,36)(H,33,35). The lowest BCUT2D eigenvalue weighted by atomic mass is 10.1. The van der Waals surface area contributed by atoms with Gasteiger partial charge in [-0.2, -0.15) is 0 Å². The number of unbranched alkanes of at least 4 members (excludes halogenated alkanes) is 1. The highest BCUT2D eigenvalue weighted by Crippen LogP contribution is 2.30. The van der Waals surface area contributed by atoms with Crippen LogP contribution in [0.5, 0.6) is 0 Å². The Balaban J connectivity index is 1.34. The van der Waals surface area contributed by atoms with Crippen LogP contribution in [0, 0.1) is 0 Å². The number of aryl methyl sites for hydroxylation is 1. The maximum absolute atomic E-state index is 12.6. The number of fused-ring (bicyclic) bond motifs is 1. The average Bonchev–Trinajstić information content (AvgIpc) is 3.24. The van der Waals surface area contributed by atoms with Crippen molar-refractivity contribution in [3.63, 3.8) is 0 Å². The number of nitrogens with one attached hydrogen (secondary N) is 2. The van der Waals surface area contributed by atoms with Gasteiger partial charge in [0.15, 0.2) is 0 Å². The number of aromatic nitrogens is 1. The number of benzene rings is 3. The highest BCUT2D eigenvalue weighted by Gasteiger charge is 2.13. The zero-order chi connectivity index (χ0) is 26.2. The van der Waals surface area contributed by atoms with E-state index in [4.69, 9.17) is 23.2 Å². The van der Waals surface area contributed by atoms with E-state index in [2.05, 4.69) is 34.3 Å². The molecule has 0 saturated carbocycles. The summed E-state index contributed by atoms with van der Waals surface area (Å²) in [5.74, 6) is 0.00949. The van der Waals surface area contributed by atoms with Crippen LogP contribution in [0.4, 0.5) is 5.69 Å². The van der Waals surface area contributed by atoms with Crippen molar-refractivity contribution < 1.29 is 9.59 Å². The number of amides is 2. The van der Waals surface area contributed by atoms with E-state index >= 15 is 0 Å². The minimum atomic E-state index is -0.247. The molecule has 3 aromatic carbocycles. The monoisotopic (exact) mass is 553 g/mol. The molecule has 8 heteroatoms. The lowest BCUT2D eigenvalue weighted by Gasteiger charge is -2.09. The van der Waals surface area contributed by atoms with Gasteiger partial charge in [0.25, 0.3) is 5.91 Å². The van der Waals surface area contributed by atoms with Gasteiger partial charge in [0, 0.05) is 45.8 Å². The van der Waals surface area contributed by atoms with Crippen molar-refractivity contribution in [1.82, 2.24) is 9.88 Å². The third-order valence-corrected chi connectivity index (χ3v) is 7.57. The van der Waals surface area contributed by atoms with Crippen LogP contribution in [0.1, 0.15) is 35.7 Å². The predicted octanol–water partition coefficient (Wildman–Crippen LogP) is 7.45. The van der Waals surface area contributed by atoms with E-state index in [0.29, 0.717) is 34.5 Å². The van der Waals surface area contributed by atoms with Crippen LogP contribution in [-0.2, 0) is 17.8 Å². The molecule has 37 heavy (non-hydrogen) atoms. The van der Waals surface area contributed by atoms with Crippen LogP contribution in [0.15, 0.2) is 77.8 Å². The van der Waals surface area contributed by atoms with Gasteiger partial charge in [-0.05, 0) is 54.8 Å². The molecular formula is C29H29Cl2N3O2S. The number of thioether (sulfide) groups is 1. The Morgan fingerprint density at radius 3 is 2.54 bits per heavy atom. The maximum atomic E-state index is 12.6. The normalized spacial score (nSPS) is 11.0. The van der Waals surface area contributed by atoms with Crippen LogP contribution in [0.25, 0.3) is 10.9 Å². The molecule has 0 aliphatic heterocycles. The Bertz CT molecular complexity index is 1390. The number of anilines is 1. The first-order chi connectivity index (χ1) is 17.9. The van der Waals surface area contributed by atoms with Crippen LogP contribution in [0.2, 0.25) is 10.0 Å². The van der Waals surface area contributed by atoms with Crippen LogP contribution in [0.3, 0.4) is 0 Å². The summed E-state index contributed by atoms with van der Waals surface area (Å²) in [5, 5.41) is 7.79. The molecular weight excluding hydrogens is 525 g/mol. The summed E-state index contributed by atoms with van der Waals surface area (Å²) < 4.78 is 2.09. The van der Waals surface area contributed by atoms with E-state index in [1.807, 2.05) is 42.6 Å². The van der Waals surface area contributed by atoms with Gasteiger partial charge in [0.05, 0.1) is 16.3 Å². The van der Waals surface area contributed by atoms with E-state index in [1.54, 1.807) is 18.2 Å².